The molecule has 15 heteroatoms. The minimum atomic E-state index is -5.14. The highest BCUT2D eigenvalue weighted by Gasteiger charge is 2.38. The first-order valence-electron chi connectivity index (χ1n) is 9.07. The zero-order valence-corrected chi connectivity index (χ0v) is 16.8. The Balaban J connectivity index is 2.10. The molecule has 184 valence electrons. The maximum absolute atomic E-state index is 13.5. The van der Waals surface area contributed by atoms with Gasteiger partial charge in [0.1, 0.15) is 22.6 Å². The number of alkyl halides is 6. The minimum absolute atomic E-state index is 0.175. The summed E-state index contributed by atoms with van der Waals surface area (Å²) in [5, 5.41) is 31.8. The van der Waals surface area contributed by atoms with Crippen LogP contribution in [-0.4, -0.2) is 15.0 Å². The molecule has 0 aliphatic heterocycles. The molecule has 0 aromatic heterocycles. The summed E-state index contributed by atoms with van der Waals surface area (Å²) in [4.78, 5) is 19.5. The molecule has 0 unspecified atom stereocenters. The van der Waals surface area contributed by atoms with Crippen LogP contribution in [0.4, 0.5) is 37.7 Å². The first-order valence-corrected chi connectivity index (χ1v) is 9.07. The Morgan fingerprint density at radius 3 is 1.57 bits per heavy atom. The third kappa shape index (κ3) is 5.51. The highest BCUT2D eigenvalue weighted by molar-refractivity contribution is 5.57. The molecule has 0 spiro atoms. The van der Waals surface area contributed by atoms with Crippen LogP contribution in [0.5, 0.6) is 28.7 Å². The number of nitrogens with zero attached hydrogens (tertiary/aromatic N) is 2. The van der Waals surface area contributed by atoms with E-state index in [4.69, 9.17) is 9.47 Å². The van der Waals surface area contributed by atoms with Gasteiger partial charge in [0.25, 0.3) is 11.4 Å². The summed E-state index contributed by atoms with van der Waals surface area (Å²) in [6.07, 6.45) is -10.3. The van der Waals surface area contributed by atoms with Gasteiger partial charge in [-0.2, -0.15) is 26.3 Å². The molecule has 0 aliphatic rings. The van der Waals surface area contributed by atoms with Gasteiger partial charge < -0.3 is 14.6 Å². The summed E-state index contributed by atoms with van der Waals surface area (Å²) in [6, 6.07) is 5.92. The molecule has 0 atom stereocenters. The second kappa shape index (κ2) is 9.00. The predicted octanol–water partition coefficient (Wildman–Crippen LogP) is 6.83. The maximum Gasteiger partial charge on any atom is 0.420 e. The van der Waals surface area contributed by atoms with Gasteiger partial charge >= 0.3 is 12.4 Å². The Hall–Kier alpha value is -4.56. The van der Waals surface area contributed by atoms with E-state index in [1.165, 1.54) is 0 Å². The van der Waals surface area contributed by atoms with Crippen molar-refractivity contribution in [1.82, 2.24) is 0 Å². The summed E-state index contributed by atoms with van der Waals surface area (Å²) in [5.41, 5.74) is -5.00. The standard InChI is InChI=1S/C20H10F6N2O7/c21-19(22,23)12-8-10(27(30)31)4-6-15(12)34-17-3-1-2-14(29)18(17)35-16-7-5-11(28(32)33)9-13(16)20(24,25)26/h1-9,29H. The van der Waals surface area contributed by atoms with Gasteiger partial charge in [0, 0.05) is 24.3 Å². The van der Waals surface area contributed by atoms with Crippen LogP contribution in [-0.2, 0) is 12.4 Å². The number of hydrogen-bond acceptors (Lipinski definition) is 7. The van der Waals surface area contributed by atoms with Gasteiger partial charge in [0.2, 0.25) is 5.75 Å². The van der Waals surface area contributed by atoms with Crippen LogP contribution in [0.25, 0.3) is 0 Å². The van der Waals surface area contributed by atoms with E-state index in [9.17, 15) is 51.7 Å². The minimum Gasteiger partial charge on any atom is -0.504 e. The second-order valence-corrected chi connectivity index (χ2v) is 6.68. The van der Waals surface area contributed by atoms with Gasteiger partial charge in [-0.1, -0.05) is 6.07 Å². The van der Waals surface area contributed by atoms with Crippen LogP contribution in [0.1, 0.15) is 11.1 Å². The molecule has 0 amide bonds. The Kier molecular flexibility index (Phi) is 6.45. The van der Waals surface area contributed by atoms with Crippen molar-refractivity contribution in [3.05, 3.63) is 86.0 Å². The number of nitro groups is 2. The van der Waals surface area contributed by atoms with E-state index < -0.39 is 73.4 Å². The highest BCUT2D eigenvalue weighted by atomic mass is 19.4. The smallest absolute Gasteiger partial charge is 0.420 e. The Morgan fingerprint density at radius 1 is 0.686 bits per heavy atom. The van der Waals surface area contributed by atoms with Crippen molar-refractivity contribution >= 4 is 11.4 Å². The SMILES string of the molecule is O=[N+]([O-])c1ccc(Oc2cccc(O)c2Oc2ccc([N+](=O)[O-])cc2C(F)(F)F)c(C(F)(F)F)c1. The number of ether oxygens (including phenoxy) is 2. The lowest BCUT2D eigenvalue weighted by Crippen LogP contribution is -2.09. The van der Waals surface area contributed by atoms with Crippen molar-refractivity contribution in [1.29, 1.82) is 0 Å². The van der Waals surface area contributed by atoms with E-state index in [0.717, 1.165) is 18.2 Å². The fourth-order valence-electron chi connectivity index (χ4n) is 2.80. The third-order valence-corrected chi connectivity index (χ3v) is 4.35. The van der Waals surface area contributed by atoms with Crippen molar-refractivity contribution in [2.75, 3.05) is 0 Å². The van der Waals surface area contributed by atoms with Crippen molar-refractivity contribution < 1.29 is 50.8 Å². The van der Waals surface area contributed by atoms with Crippen LogP contribution < -0.4 is 9.47 Å². The van der Waals surface area contributed by atoms with Crippen LogP contribution in [0, 0.1) is 20.2 Å². The van der Waals surface area contributed by atoms with Crippen LogP contribution in [0.3, 0.4) is 0 Å². The molecule has 3 aromatic rings. The van der Waals surface area contributed by atoms with Crippen LogP contribution in [0.2, 0.25) is 0 Å². The molecule has 0 radical (unpaired) electrons. The summed E-state index contributed by atoms with van der Waals surface area (Å²) < 4.78 is 90.9. The number of non-ortho nitro benzene ring substituents is 2. The van der Waals surface area contributed by atoms with E-state index in [1.807, 2.05) is 0 Å². The zero-order valence-electron chi connectivity index (χ0n) is 16.8. The number of aromatic hydroxyl groups is 1. The van der Waals surface area contributed by atoms with E-state index in [1.54, 1.807) is 0 Å². The molecule has 0 heterocycles. The molecular weight excluding hydrogens is 494 g/mol. The van der Waals surface area contributed by atoms with E-state index in [-0.39, 0.29) is 12.1 Å². The number of hydrogen-bond donors (Lipinski definition) is 1. The average Bonchev–Trinajstić information content (AvgIpc) is 2.74. The molecule has 35 heavy (non-hydrogen) atoms. The number of phenolic OH excluding ortho intramolecular Hbond substituents is 1. The Bertz CT molecular complexity index is 1310. The van der Waals surface area contributed by atoms with Gasteiger partial charge in [0.15, 0.2) is 11.5 Å². The summed E-state index contributed by atoms with van der Waals surface area (Å²) in [6.45, 7) is 0. The topological polar surface area (TPSA) is 125 Å². The van der Waals surface area contributed by atoms with Gasteiger partial charge in [-0.3, -0.25) is 20.2 Å². The van der Waals surface area contributed by atoms with Gasteiger partial charge in [-0.05, 0) is 24.3 Å². The van der Waals surface area contributed by atoms with Gasteiger partial charge in [-0.15, -0.1) is 0 Å². The van der Waals surface area contributed by atoms with Gasteiger partial charge in [-0.25, -0.2) is 0 Å². The predicted molar refractivity (Wildman–Crippen MR) is 104 cm³/mol. The monoisotopic (exact) mass is 504 g/mol. The fraction of sp³-hybridized carbons (Fsp3) is 0.100. The number of halogens is 6. The molecule has 0 fully saturated rings. The van der Waals surface area contributed by atoms with Crippen LogP contribution in [0.15, 0.2) is 54.6 Å². The van der Waals surface area contributed by atoms with E-state index in [0.29, 0.717) is 24.3 Å². The van der Waals surface area contributed by atoms with Crippen molar-refractivity contribution in [3.8, 4) is 28.7 Å². The lowest BCUT2D eigenvalue weighted by Gasteiger charge is -2.18. The van der Waals surface area contributed by atoms with E-state index >= 15 is 0 Å². The maximum atomic E-state index is 13.5. The summed E-state index contributed by atoms with van der Waals surface area (Å²) in [7, 11) is 0. The number of rotatable bonds is 6. The quantitative estimate of drug-likeness (QED) is 0.222. The molecule has 0 aliphatic carbocycles. The molecule has 9 nitrogen and oxygen atoms in total. The highest BCUT2D eigenvalue weighted by Crippen LogP contribution is 2.47. The first-order chi connectivity index (χ1) is 16.2. The number of para-hydroxylation sites is 1. The first kappa shape index (κ1) is 25.1. The lowest BCUT2D eigenvalue weighted by atomic mass is 10.1. The Morgan fingerprint density at radius 2 is 1.14 bits per heavy atom. The molecule has 3 rings (SSSR count). The molecule has 0 saturated heterocycles. The number of phenols is 1. The number of benzene rings is 3. The van der Waals surface area contributed by atoms with Crippen molar-refractivity contribution in [2.45, 2.75) is 12.4 Å². The summed E-state index contributed by atoms with van der Waals surface area (Å²) in [5.74, 6) is -4.37. The third-order valence-electron chi connectivity index (χ3n) is 4.35. The average molecular weight is 504 g/mol. The molecule has 0 bridgehead atoms. The van der Waals surface area contributed by atoms with Crippen LogP contribution >= 0.6 is 0 Å². The van der Waals surface area contributed by atoms with E-state index in [2.05, 4.69) is 0 Å². The van der Waals surface area contributed by atoms with Crippen molar-refractivity contribution in [2.24, 2.45) is 0 Å². The molecule has 3 aromatic carbocycles. The lowest BCUT2D eigenvalue weighted by molar-refractivity contribution is -0.385. The Labute approximate surface area is 190 Å². The number of nitro benzene ring substituents is 2. The summed E-state index contributed by atoms with van der Waals surface area (Å²) >= 11 is 0. The molecule has 1 N–H and O–H groups in total. The molecule has 0 saturated carbocycles. The molecular formula is C20H10F6N2O7. The zero-order chi connectivity index (χ0) is 26.1. The fourth-order valence-corrected chi connectivity index (χ4v) is 2.80. The normalized spacial score (nSPS) is 11.7. The van der Waals surface area contributed by atoms with Gasteiger partial charge in [0.05, 0.1) is 9.85 Å². The van der Waals surface area contributed by atoms with Crippen molar-refractivity contribution in [3.63, 3.8) is 0 Å². The largest absolute Gasteiger partial charge is 0.504 e. The second-order valence-electron chi connectivity index (χ2n) is 6.68.